The summed E-state index contributed by atoms with van der Waals surface area (Å²) < 4.78 is 0. The van der Waals surface area contributed by atoms with Gasteiger partial charge in [-0.2, -0.15) is 0 Å². The summed E-state index contributed by atoms with van der Waals surface area (Å²) in [7, 11) is 4.32. The number of hydrogen-bond acceptors (Lipinski definition) is 5. The first-order chi connectivity index (χ1) is 8.49. The molecule has 1 N–H and O–H groups in total. The predicted octanol–water partition coefficient (Wildman–Crippen LogP) is -0.0966. The van der Waals surface area contributed by atoms with Crippen molar-refractivity contribution in [3.63, 3.8) is 0 Å². The second-order valence-electron chi connectivity index (χ2n) is 6.06. The quantitative estimate of drug-likeness (QED) is 0.762. The number of piperazine rings is 1. The van der Waals surface area contributed by atoms with Crippen LogP contribution in [0.5, 0.6) is 0 Å². The first-order valence-electron chi connectivity index (χ1n) is 6.92. The molecule has 5 heteroatoms. The van der Waals surface area contributed by atoms with E-state index < -0.39 is 0 Å². The Balaban J connectivity index is 1.71. The van der Waals surface area contributed by atoms with Gasteiger partial charge in [-0.3, -0.25) is 14.8 Å². The van der Waals surface area contributed by atoms with Gasteiger partial charge < -0.3 is 10.2 Å². The maximum atomic E-state index is 4.44. The largest absolute Gasteiger partial charge is 0.355 e. The fourth-order valence-corrected chi connectivity index (χ4v) is 2.58. The molecular weight excluding hydrogens is 226 g/mol. The van der Waals surface area contributed by atoms with Crippen LogP contribution in [0.15, 0.2) is 4.99 Å². The third kappa shape index (κ3) is 3.14. The zero-order valence-electron chi connectivity index (χ0n) is 12.2. The molecule has 5 nitrogen and oxygen atoms in total. The molecule has 0 aromatic rings. The third-order valence-corrected chi connectivity index (χ3v) is 4.17. The van der Waals surface area contributed by atoms with Crippen molar-refractivity contribution in [1.29, 1.82) is 0 Å². The molecule has 0 aliphatic carbocycles. The van der Waals surface area contributed by atoms with Gasteiger partial charge in [0, 0.05) is 51.9 Å². The Bertz CT molecular complexity index is 313. The molecule has 2 aliphatic heterocycles. The smallest absolute Gasteiger partial charge is 0.193 e. The van der Waals surface area contributed by atoms with Crippen molar-refractivity contribution in [2.24, 2.45) is 4.99 Å². The van der Waals surface area contributed by atoms with Gasteiger partial charge in [0.25, 0.3) is 0 Å². The van der Waals surface area contributed by atoms with Crippen LogP contribution in [0.3, 0.4) is 0 Å². The van der Waals surface area contributed by atoms with E-state index >= 15 is 0 Å². The van der Waals surface area contributed by atoms with E-state index in [0.29, 0.717) is 5.54 Å². The number of guanidine groups is 1. The van der Waals surface area contributed by atoms with Crippen LogP contribution in [0.2, 0.25) is 0 Å². The van der Waals surface area contributed by atoms with Crippen molar-refractivity contribution < 1.29 is 0 Å². The molecule has 0 radical (unpaired) electrons. The average Bonchev–Trinajstić information content (AvgIpc) is 2.69. The third-order valence-electron chi connectivity index (χ3n) is 4.17. The molecule has 0 spiro atoms. The average molecular weight is 253 g/mol. The molecule has 1 fully saturated rings. The summed E-state index contributed by atoms with van der Waals surface area (Å²) in [4.78, 5) is 11.6. The Labute approximate surface area is 111 Å². The Morgan fingerprint density at radius 1 is 1.22 bits per heavy atom. The van der Waals surface area contributed by atoms with Crippen LogP contribution in [-0.2, 0) is 0 Å². The summed E-state index contributed by atoms with van der Waals surface area (Å²) in [6, 6.07) is 0. The lowest BCUT2D eigenvalue weighted by atomic mass is 10.00. The molecular formula is C13H27N5. The van der Waals surface area contributed by atoms with Crippen LogP contribution >= 0.6 is 0 Å². The van der Waals surface area contributed by atoms with Crippen molar-refractivity contribution in [1.82, 2.24) is 20.0 Å². The van der Waals surface area contributed by atoms with Gasteiger partial charge in [-0.1, -0.05) is 0 Å². The molecule has 0 bridgehead atoms. The molecule has 0 atom stereocenters. The van der Waals surface area contributed by atoms with Crippen molar-refractivity contribution in [3.8, 4) is 0 Å². The highest BCUT2D eigenvalue weighted by atomic mass is 15.3. The van der Waals surface area contributed by atoms with E-state index in [-0.39, 0.29) is 0 Å². The molecule has 1 saturated heterocycles. The maximum Gasteiger partial charge on any atom is 0.193 e. The Hall–Kier alpha value is -0.810. The van der Waals surface area contributed by atoms with Crippen LogP contribution in [0.1, 0.15) is 13.8 Å². The monoisotopic (exact) mass is 253 g/mol. The molecule has 104 valence electrons. The van der Waals surface area contributed by atoms with Gasteiger partial charge in [0.05, 0.1) is 6.54 Å². The molecule has 0 unspecified atom stereocenters. The van der Waals surface area contributed by atoms with Crippen LogP contribution in [0, 0.1) is 0 Å². The van der Waals surface area contributed by atoms with Crippen LogP contribution in [0.25, 0.3) is 0 Å². The van der Waals surface area contributed by atoms with Gasteiger partial charge in [0.2, 0.25) is 0 Å². The minimum absolute atomic E-state index is 0.292. The lowest BCUT2D eigenvalue weighted by Crippen LogP contribution is -2.58. The van der Waals surface area contributed by atoms with Gasteiger partial charge in [-0.15, -0.1) is 0 Å². The zero-order chi connectivity index (χ0) is 13.2. The highest BCUT2D eigenvalue weighted by Gasteiger charge is 2.30. The highest BCUT2D eigenvalue weighted by molar-refractivity contribution is 5.81. The van der Waals surface area contributed by atoms with Gasteiger partial charge in [-0.25, -0.2) is 0 Å². The fraction of sp³-hybridized carbons (Fsp3) is 0.923. The molecule has 0 saturated carbocycles. The number of nitrogens with zero attached hydrogens (tertiary/aromatic N) is 4. The first-order valence-corrected chi connectivity index (χ1v) is 6.92. The Morgan fingerprint density at radius 3 is 2.61 bits per heavy atom. The summed E-state index contributed by atoms with van der Waals surface area (Å²) in [5.41, 5.74) is 0.292. The highest BCUT2D eigenvalue weighted by Crippen LogP contribution is 2.18. The topological polar surface area (TPSA) is 34.1 Å². The summed E-state index contributed by atoms with van der Waals surface area (Å²) in [6.45, 7) is 12.2. The molecule has 2 aliphatic rings. The molecule has 0 amide bonds. The maximum absolute atomic E-state index is 4.44. The second-order valence-corrected chi connectivity index (χ2v) is 6.06. The fourth-order valence-electron chi connectivity index (χ4n) is 2.58. The summed E-state index contributed by atoms with van der Waals surface area (Å²) >= 11 is 0. The number of likely N-dealkylation sites (N-methyl/N-ethyl adjacent to an activating group) is 2. The zero-order valence-corrected chi connectivity index (χ0v) is 12.2. The SMILES string of the molecule is CN1CCN=C1NCCN1CCN(C)C(C)(C)C1. The van der Waals surface area contributed by atoms with E-state index in [2.05, 4.69) is 53.0 Å². The van der Waals surface area contributed by atoms with Gasteiger partial charge >= 0.3 is 0 Å². The minimum Gasteiger partial charge on any atom is -0.355 e. The molecule has 2 rings (SSSR count). The number of rotatable bonds is 3. The minimum atomic E-state index is 0.292. The molecule has 0 aromatic carbocycles. The van der Waals surface area contributed by atoms with Gasteiger partial charge in [0.1, 0.15) is 0 Å². The number of aliphatic imine (C=N–C) groups is 1. The number of hydrogen-bond donors (Lipinski definition) is 1. The van der Waals surface area contributed by atoms with Crippen molar-refractivity contribution in [3.05, 3.63) is 0 Å². The van der Waals surface area contributed by atoms with E-state index in [1.807, 2.05) is 0 Å². The van der Waals surface area contributed by atoms with E-state index in [1.54, 1.807) is 0 Å². The molecule has 2 heterocycles. The lowest BCUT2D eigenvalue weighted by molar-refractivity contribution is 0.0412. The van der Waals surface area contributed by atoms with Crippen molar-refractivity contribution in [2.75, 3.05) is 59.9 Å². The van der Waals surface area contributed by atoms with Crippen LogP contribution in [-0.4, -0.2) is 86.1 Å². The van der Waals surface area contributed by atoms with E-state index in [4.69, 9.17) is 0 Å². The summed E-state index contributed by atoms with van der Waals surface area (Å²) in [5.74, 6) is 1.06. The van der Waals surface area contributed by atoms with Crippen molar-refractivity contribution in [2.45, 2.75) is 19.4 Å². The second kappa shape index (κ2) is 5.45. The first kappa shape index (κ1) is 13.6. The standard InChI is InChI=1S/C13H27N5/c1-13(2)11-18(10-9-17(13)4)8-6-15-12-14-5-7-16(12)3/h5-11H2,1-4H3,(H,14,15). The predicted molar refractivity (Wildman–Crippen MR) is 76.1 cm³/mol. The lowest BCUT2D eigenvalue weighted by Gasteiger charge is -2.45. The van der Waals surface area contributed by atoms with Crippen LogP contribution < -0.4 is 5.32 Å². The number of nitrogens with one attached hydrogen (secondary N) is 1. The normalized spacial score (nSPS) is 25.3. The van der Waals surface area contributed by atoms with E-state index in [9.17, 15) is 0 Å². The summed E-state index contributed by atoms with van der Waals surface area (Å²) in [6.07, 6.45) is 0. The van der Waals surface area contributed by atoms with Crippen molar-refractivity contribution >= 4 is 5.96 Å². The molecule has 0 aromatic heterocycles. The van der Waals surface area contributed by atoms with Gasteiger partial charge in [-0.05, 0) is 20.9 Å². The Kier molecular flexibility index (Phi) is 4.12. The van der Waals surface area contributed by atoms with E-state index in [0.717, 1.165) is 45.2 Å². The summed E-state index contributed by atoms with van der Waals surface area (Å²) in [5, 5.41) is 3.44. The van der Waals surface area contributed by atoms with Gasteiger partial charge in [0.15, 0.2) is 5.96 Å². The molecule has 18 heavy (non-hydrogen) atoms. The Morgan fingerprint density at radius 2 is 2.00 bits per heavy atom. The van der Waals surface area contributed by atoms with E-state index in [1.165, 1.54) is 6.54 Å². The van der Waals surface area contributed by atoms with Crippen LogP contribution in [0.4, 0.5) is 0 Å².